The van der Waals surface area contributed by atoms with Gasteiger partial charge in [0.1, 0.15) is 6.10 Å². The van der Waals surface area contributed by atoms with Crippen LogP contribution in [0.4, 0.5) is 0 Å². The van der Waals surface area contributed by atoms with Gasteiger partial charge in [-0.3, -0.25) is 4.79 Å². The summed E-state index contributed by atoms with van der Waals surface area (Å²) in [6, 6.07) is 0.326. The molecule has 4 saturated carbocycles. The van der Waals surface area contributed by atoms with Crippen molar-refractivity contribution in [3.8, 4) is 0 Å². The minimum absolute atomic E-state index is 0.144. The second-order valence-electron chi connectivity index (χ2n) is 8.01. The molecule has 3 nitrogen and oxygen atoms in total. The maximum Gasteiger partial charge on any atom is 0.249 e. The highest BCUT2D eigenvalue weighted by Gasteiger charge is 2.53. The summed E-state index contributed by atoms with van der Waals surface area (Å²) in [6.45, 7) is 3.00. The van der Waals surface area contributed by atoms with Gasteiger partial charge in [-0.05, 0) is 81.5 Å². The Labute approximate surface area is 121 Å². The summed E-state index contributed by atoms with van der Waals surface area (Å²) < 4.78 is 5.52. The van der Waals surface area contributed by atoms with Crippen molar-refractivity contribution in [2.45, 2.75) is 70.4 Å². The lowest BCUT2D eigenvalue weighted by atomic mass is 9.48. The molecule has 20 heavy (non-hydrogen) atoms. The van der Waals surface area contributed by atoms with E-state index in [9.17, 15) is 4.79 Å². The predicted molar refractivity (Wildman–Crippen MR) is 77.2 cm³/mol. The summed E-state index contributed by atoms with van der Waals surface area (Å²) in [5.74, 6) is 2.99. The summed E-state index contributed by atoms with van der Waals surface area (Å²) in [4.78, 5) is 12.3. The Bertz CT molecular complexity index is 365. The molecule has 1 amide bonds. The van der Waals surface area contributed by atoms with E-state index in [-0.39, 0.29) is 12.0 Å². The Morgan fingerprint density at radius 2 is 1.75 bits per heavy atom. The van der Waals surface area contributed by atoms with Crippen molar-refractivity contribution in [2.24, 2.45) is 23.2 Å². The smallest absolute Gasteiger partial charge is 0.249 e. The van der Waals surface area contributed by atoms with Crippen LogP contribution in [-0.4, -0.2) is 24.7 Å². The number of amides is 1. The third kappa shape index (κ3) is 2.09. The van der Waals surface area contributed by atoms with Gasteiger partial charge in [0.25, 0.3) is 0 Å². The Morgan fingerprint density at radius 1 is 1.15 bits per heavy atom. The van der Waals surface area contributed by atoms with Crippen LogP contribution in [0.5, 0.6) is 0 Å². The zero-order chi connectivity index (χ0) is 13.7. The highest BCUT2D eigenvalue weighted by atomic mass is 16.5. The number of nitrogens with one attached hydrogen (secondary N) is 1. The van der Waals surface area contributed by atoms with Crippen molar-refractivity contribution in [1.29, 1.82) is 0 Å². The molecule has 0 spiro atoms. The first-order chi connectivity index (χ1) is 9.64. The minimum Gasteiger partial charge on any atom is -0.368 e. The molecule has 1 saturated heterocycles. The maximum atomic E-state index is 12.3. The van der Waals surface area contributed by atoms with Crippen LogP contribution in [0.25, 0.3) is 0 Å². The standard InChI is InChI=1S/C17H27NO2/c1-11(18-16(19)15-3-2-4-20-15)17-8-12-5-13(9-17)7-14(6-12)10-17/h11-15H,2-10H2,1H3,(H,18,19)/t11-,12?,13?,14?,15+,17?/m1/s1. The molecule has 0 unspecified atom stereocenters. The van der Waals surface area contributed by atoms with Crippen molar-refractivity contribution in [2.75, 3.05) is 6.61 Å². The van der Waals surface area contributed by atoms with Gasteiger partial charge in [0, 0.05) is 12.6 Å². The molecule has 1 aliphatic heterocycles. The van der Waals surface area contributed by atoms with Crippen LogP contribution in [0.3, 0.4) is 0 Å². The van der Waals surface area contributed by atoms with E-state index in [1.54, 1.807) is 0 Å². The highest BCUT2D eigenvalue weighted by Crippen LogP contribution is 2.61. The quantitative estimate of drug-likeness (QED) is 0.861. The molecule has 1 heterocycles. The van der Waals surface area contributed by atoms with Gasteiger partial charge < -0.3 is 10.1 Å². The summed E-state index contributed by atoms with van der Waals surface area (Å²) in [7, 11) is 0. The van der Waals surface area contributed by atoms with E-state index in [4.69, 9.17) is 4.74 Å². The van der Waals surface area contributed by atoms with Crippen LogP contribution in [0.1, 0.15) is 58.3 Å². The molecule has 5 aliphatic rings. The molecule has 3 heteroatoms. The van der Waals surface area contributed by atoms with Gasteiger partial charge >= 0.3 is 0 Å². The first kappa shape index (κ1) is 13.1. The molecular formula is C17H27NO2. The fourth-order valence-corrected chi connectivity index (χ4v) is 5.95. The van der Waals surface area contributed by atoms with Crippen LogP contribution >= 0.6 is 0 Å². The molecule has 0 aromatic heterocycles. The lowest BCUT2D eigenvalue weighted by Crippen LogP contribution is -2.56. The lowest BCUT2D eigenvalue weighted by Gasteiger charge is -2.59. The number of hydrogen-bond donors (Lipinski definition) is 1. The molecular weight excluding hydrogens is 250 g/mol. The molecule has 112 valence electrons. The molecule has 4 aliphatic carbocycles. The third-order valence-corrected chi connectivity index (χ3v) is 6.59. The second-order valence-corrected chi connectivity index (χ2v) is 8.01. The van der Waals surface area contributed by atoms with Gasteiger partial charge in [0.2, 0.25) is 5.91 Å². The molecule has 0 aromatic carbocycles. The summed E-state index contributed by atoms with van der Waals surface area (Å²) in [5.41, 5.74) is 0.406. The fourth-order valence-electron chi connectivity index (χ4n) is 5.95. The molecule has 1 N–H and O–H groups in total. The van der Waals surface area contributed by atoms with Crippen LogP contribution in [0, 0.1) is 23.2 Å². The van der Waals surface area contributed by atoms with Crippen molar-refractivity contribution < 1.29 is 9.53 Å². The second kappa shape index (κ2) is 4.72. The predicted octanol–water partition coefficient (Wildman–Crippen LogP) is 2.89. The number of ether oxygens (including phenoxy) is 1. The van der Waals surface area contributed by atoms with Gasteiger partial charge in [-0.15, -0.1) is 0 Å². The molecule has 4 bridgehead atoms. The Hall–Kier alpha value is -0.570. The maximum absolute atomic E-state index is 12.3. The van der Waals surface area contributed by atoms with Crippen LogP contribution in [0.2, 0.25) is 0 Å². The van der Waals surface area contributed by atoms with Gasteiger partial charge in [-0.2, -0.15) is 0 Å². The minimum atomic E-state index is -0.175. The average Bonchev–Trinajstić information content (AvgIpc) is 2.90. The summed E-state index contributed by atoms with van der Waals surface area (Å²) in [5, 5.41) is 3.31. The van der Waals surface area contributed by atoms with Gasteiger partial charge in [0.15, 0.2) is 0 Å². The SMILES string of the molecule is C[C@@H](NC(=O)[C@@H]1CCCO1)C12CC3CC(CC(C3)C1)C2. The van der Waals surface area contributed by atoms with E-state index in [2.05, 4.69) is 12.2 Å². The van der Waals surface area contributed by atoms with Gasteiger partial charge in [0.05, 0.1) is 0 Å². The Balaban J connectivity index is 1.45. The van der Waals surface area contributed by atoms with Crippen LogP contribution in [0.15, 0.2) is 0 Å². The number of rotatable bonds is 3. The van der Waals surface area contributed by atoms with Crippen molar-refractivity contribution in [1.82, 2.24) is 5.32 Å². The monoisotopic (exact) mass is 277 g/mol. The normalized spacial score (nSPS) is 47.5. The molecule has 2 atom stereocenters. The molecule has 5 fully saturated rings. The molecule has 5 rings (SSSR count). The van der Waals surface area contributed by atoms with Crippen molar-refractivity contribution in [3.05, 3.63) is 0 Å². The lowest BCUT2D eigenvalue weighted by molar-refractivity contribution is -0.134. The van der Waals surface area contributed by atoms with Crippen LogP contribution in [-0.2, 0) is 9.53 Å². The highest BCUT2D eigenvalue weighted by molar-refractivity contribution is 5.81. The Kier molecular flexibility index (Phi) is 3.10. The van der Waals surface area contributed by atoms with E-state index in [0.717, 1.165) is 37.2 Å². The number of carbonyl (C=O) groups is 1. The third-order valence-electron chi connectivity index (χ3n) is 6.59. The van der Waals surface area contributed by atoms with E-state index in [0.29, 0.717) is 11.5 Å². The van der Waals surface area contributed by atoms with Gasteiger partial charge in [-0.1, -0.05) is 0 Å². The fraction of sp³-hybridized carbons (Fsp3) is 0.941. The number of carbonyl (C=O) groups excluding carboxylic acids is 1. The first-order valence-corrected chi connectivity index (χ1v) is 8.57. The summed E-state index contributed by atoms with van der Waals surface area (Å²) in [6.07, 6.45) is 10.2. The van der Waals surface area contributed by atoms with Crippen molar-refractivity contribution in [3.63, 3.8) is 0 Å². The zero-order valence-electron chi connectivity index (χ0n) is 12.6. The van der Waals surface area contributed by atoms with Crippen LogP contribution < -0.4 is 5.32 Å². The van der Waals surface area contributed by atoms with Crippen molar-refractivity contribution >= 4 is 5.91 Å². The van der Waals surface area contributed by atoms with E-state index >= 15 is 0 Å². The van der Waals surface area contributed by atoms with E-state index < -0.39 is 0 Å². The zero-order valence-corrected chi connectivity index (χ0v) is 12.6. The summed E-state index contributed by atoms with van der Waals surface area (Å²) >= 11 is 0. The Morgan fingerprint density at radius 3 is 2.25 bits per heavy atom. The number of hydrogen-bond acceptors (Lipinski definition) is 2. The average molecular weight is 277 g/mol. The topological polar surface area (TPSA) is 38.3 Å². The molecule has 0 radical (unpaired) electrons. The van der Waals surface area contributed by atoms with Gasteiger partial charge in [-0.25, -0.2) is 0 Å². The largest absolute Gasteiger partial charge is 0.368 e. The first-order valence-electron chi connectivity index (χ1n) is 8.57. The van der Waals surface area contributed by atoms with E-state index in [1.165, 1.54) is 38.5 Å². The van der Waals surface area contributed by atoms with E-state index in [1.807, 2.05) is 0 Å². The molecule has 0 aromatic rings.